The second-order valence-electron chi connectivity index (χ2n) is 5.69. The zero-order valence-corrected chi connectivity index (χ0v) is 13.6. The maximum Gasteiger partial charge on any atom is 0.328 e. The molecule has 0 heterocycles. The summed E-state index contributed by atoms with van der Waals surface area (Å²) < 4.78 is 20.9. The van der Waals surface area contributed by atoms with Crippen molar-refractivity contribution < 1.29 is 23.7 Å². The number of carbonyl (C=O) groups excluding carboxylic acids is 1. The molecule has 1 saturated carbocycles. The molecule has 1 unspecified atom stereocenters. The molecule has 6 nitrogen and oxygen atoms in total. The quantitative estimate of drug-likeness (QED) is 0.428. The molecule has 0 radical (unpaired) electrons. The molecule has 0 bridgehead atoms. The first-order chi connectivity index (χ1) is 10.1. The van der Waals surface area contributed by atoms with Crippen LogP contribution in [0.3, 0.4) is 0 Å². The van der Waals surface area contributed by atoms with Crippen molar-refractivity contribution in [3.63, 3.8) is 0 Å². The van der Waals surface area contributed by atoms with Crippen molar-refractivity contribution in [2.75, 3.05) is 47.3 Å². The first-order valence-corrected chi connectivity index (χ1v) is 7.57. The van der Waals surface area contributed by atoms with Crippen molar-refractivity contribution in [1.29, 1.82) is 0 Å². The van der Waals surface area contributed by atoms with Gasteiger partial charge in [-0.15, -0.1) is 0 Å². The van der Waals surface area contributed by atoms with Gasteiger partial charge in [0, 0.05) is 13.2 Å². The Bertz CT molecular complexity index is 306. The predicted octanol–water partition coefficient (Wildman–Crippen LogP) is 0.986. The van der Waals surface area contributed by atoms with E-state index >= 15 is 0 Å². The monoisotopic (exact) mass is 303 g/mol. The minimum atomic E-state index is -0.727. The van der Waals surface area contributed by atoms with E-state index in [1.807, 2.05) is 13.8 Å². The second-order valence-corrected chi connectivity index (χ2v) is 5.69. The Kier molecular flexibility index (Phi) is 8.18. The van der Waals surface area contributed by atoms with Crippen LogP contribution in [0.1, 0.15) is 26.7 Å². The topological polar surface area (TPSA) is 66.0 Å². The molecule has 1 rings (SSSR count). The van der Waals surface area contributed by atoms with Crippen LogP contribution in [-0.2, 0) is 23.7 Å². The van der Waals surface area contributed by atoms with Crippen LogP contribution in [0, 0.1) is 5.92 Å². The molecule has 0 aliphatic heterocycles. The van der Waals surface area contributed by atoms with Crippen molar-refractivity contribution in [1.82, 2.24) is 5.32 Å². The summed E-state index contributed by atoms with van der Waals surface area (Å²) in [5, 5.41) is 3.36. The van der Waals surface area contributed by atoms with Crippen molar-refractivity contribution >= 4 is 5.97 Å². The van der Waals surface area contributed by atoms with Gasteiger partial charge in [0.25, 0.3) is 0 Å². The van der Waals surface area contributed by atoms with Crippen LogP contribution >= 0.6 is 0 Å². The Morgan fingerprint density at radius 3 is 2.29 bits per heavy atom. The first-order valence-electron chi connectivity index (χ1n) is 7.57. The molecule has 1 atom stereocenters. The summed E-state index contributed by atoms with van der Waals surface area (Å²) in [5.41, 5.74) is -0.727. The SMILES string of the molecule is COCCOCCOCC(NC(C)C)(C(=O)OC)C1CC1. The third-order valence-electron chi connectivity index (χ3n) is 3.50. The highest BCUT2D eigenvalue weighted by atomic mass is 16.5. The average Bonchev–Trinajstić information content (AvgIpc) is 3.28. The third-order valence-corrected chi connectivity index (χ3v) is 3.50. The Morgan fingerprint density at radius 2 is 1.76 bits per heavy atom. The minimum Gasteiger partial charge on any atom is -0.468 e. The molecule has 0 aromatic heterocycles. The van der Waals surface area contributed by atoms with E-state index in [9.17, 15) is 4.79 Å². The molecule has 1 aliphatic rings. The highest BCUT2D eigenvalue weighted by Gasteiger charge is 2.52. The fraction of sp³-hybridized carbons (Fsp3) is 0.933. The van der Waals surface area contributed by atoms with Crippen molar-refractivity contribution in [2.24, 2.45) is 5.92 Å². The number of hydrogen-bond acceptors (Lipinski definition) is 6. The highest BCUT2D eigenvalue weighted by Crippen LogP contribution is 2.41. The molecular formula is C15H29NO5. The Hall–Kier alpha value is -0.690. The lowest BCUT2D eigenvalue weighted by atomic mass is 9.93. The first kappa shape index (κ1) is 18.4. The standard InChI is InChI=1S/C15H29NO5/c1-12(2)16-15(13-5-6-13,14(17)19-4)11-21-10-9-20-8-7-18-3/h12-13,16H,5-11H2,1-4H3. The molecule has 0 aromatic rings. The molecule has 0 saturated heterocycles. The number of ether oxygens (including phenoxy) is 4. The van der Waals surface area contributed by atoms with E-state index in [1.165, 1.54) is 7.11 Å². The van der Waals surface area contributed by atoms with E-state index in [2.05, 4.69) is 5.32 Å². The average molecular weight is 303 g/mol. The molecule has 124 valence electrons. The molecule has 0 spiro atoms. The summed E-state index contributed by atoms with van der Waals surface area (Å²) >= 11 is 0. The van der Waals surface area contributed by atoms with Crippen LogP contribution in [0.5, 0.6) is 0 Å². The van der Waals surface area contributed by atoms with Gasteiger partial charge in [-0.1, -0.05) is 0 Å². The van der Waals surface area contributed by atoms with Gasteiger partial charge in [-0.25, -0.2) is 4.79 Å². The largest absolute Gasteiger partial charge is 0.468 e. The van der Waals surface area contributed by atoms with Crippen LogP contribution in [0.15, 0.2) is 0 Å². The second kappa shape index (κ2) is 9.35. The van der Waals surface area contributed by atoms with Gasteiger partial charge in [0.2, 0.25) is 0 Å². The van der Waals surface area contributed by atoms with E-state index in [-0.39, 0.29) is 12.0 Å². The molecule has 0 amide bonds. The molecule has 0 aromatic carbocycles. The lowest BCUT2D eigenvalue weighted by molar-refractivity contribution is -0.153. The fourth-order valence-electron chi connectivity index (χ4n) is 2.43. The van der Waals surface area contributed by atoms with Gasteiger partial charge >= 0.3 is 5.97 Å². The smallest absolute Gasteiger partial charge is 0.328 e. The number of nitrogens with one attached hydrogen (secondary N) is 1. The maximum absolute atomic E-state index is 12.2. The highest BCUT2D eigenvalue weighted by molar-refractivity contribution is 5.82. The van der Waals surface area contributed by atoms with E-state index in [4.69, 9.17) is 18.9 Å². The number of carbonyl (C=O) groups is 1. The normalized spacial score (nSPS) is 17.8. The molecule has 6 heteroatoms. The number of rotatable bonds is 12. The Morgan fingerprint density at radius 1 is 1.14 bits per heavy atom. The zero-order valence-electron chi connectivity index (χ0n) is 13.6. The minimum absolute atomic E-state index is 0.186. The number of hydrogen-bond donors (Lipinski definition) is 1. The van der Waals surface area contributed by atoms with Crippen LogP contribution in [-0.4, -0.2) is 64.8 Å². The van der Waals surface area contributed by atoms with Crippen LogP contribution in [0.2, 0.25) is 0 Å². The predicted molar refractivity (Wildman–Crippen MR) is 79.3 cm³/mol. The maximum atomic E-state index is 12.2. The van der Waals surface area contributed by atoms with Gasteiger partial charge in [-0.3, -0.25) is 5.32 Å². The van der Waals surface area contributed by atoms with Crippen molar-refractivity contribution in [2.45, 2.75) is 38.3 Å². The Balaban J connectivity index is 2.43. The van der Waals surface area contributed by atoms with Crippen LogP contribution < -0.4 is 5.32 Å². The molecule has 1 fully saturated rings. The van der Waals surface area contributed by atoms with Gasteiger partial charge < -0.3 is 18.9 Å². The molecular weight excluding hydrogens is 274 g/mol. The summed E-state index contributed by atoms with van der Waals surface area (Å²) in [5.74, 6) is 0.0563. The third kappa shape index (κ3) is 5.90. The summed E-state index contributed by atoms with van der Waals surface area (Å²) in [4.78, 5) is 12.2. The van der Waals surface area contributed by atoms with Gasteiger partial charge in [0.1, 0.15) is 5.54 Å². The van der Waals surface area contributed by atoms with Gasteiger partial charge in [-0.05, 0) is 32.6 Å². The van der Waals surface area contributed by atoms with Gasteiger partial charge in [0.05, 0.1) is 40.1 Å². The summed E-state index contributed by atoms with van der Waals surface area (Å²) in [6, 6.07) is 0.186. The van der Waals surface area contributed by atoms with Gasteiger partial charge in [0.15, 0.2) is 0 Å². The van der Waals surface area contributed by atoms with Crippen LogP contribution in [0.25, 0.3) is 0 Å². The van der Waals surface area contributed by atoms with E-state index < -0.39 is 5.54 Å². The van der Waals surface area contributed by atoms with Crippen molar-refractivity contribution in [3.05, 3.63) is 0 Å². The lowest BCUT2D eigenvalue weighted by Crippen LogP contribution is -2.60. The zero-order chi connectivity index (χ0) is 15.7. The van der Waals surface area contributed by atoms with Gasteiger partial charge in [-0.2, -0.15) is 0 Å². The molecule has 1 N–H and O–H groups in total. The molecule has 1 aliphatic carbocycles. The lowest BCUT2D eigenvalue weighted by Gasteiger charge is -2.34. The number of esters is 1. The summed E-state index contributed by atoms with van der Waals surface area (Å²) in [7, 11) is 3.06. The molecule has 21 heavy (non-hydrogen) atoms. The van der Waals surface area contributed by atoms with E-state index in [0.29, 0.717) is 39.0 Å². The summed E-state index contributed by atoms with van der Waals surface area (Å²) in [6.07, 6.45) is 2.06. The summed E-state index contributed by atoms with van der Waals surface area (Å²) in [6.45, 7) is 6.43. The van der Waals surface area contributed by atoms with E-state index in [0.717, 1.165) is 12.8 Å². The van der Waals surface area contributed by atoms with E-state index in [1.54, 1.807) is 7.11 Å². The van der Waals surface area contributed by atoms with Crippen molar-refractivity contribution in [3.8, 4) is 0 Å². The fourth-order valence-corrected chi connectivity index (χ4v) is 2.43. The Labute approximate surface area is 127 Å². The number of methoxy groups -OCH3 is 2. The van der Waals surface area contributed by atoms with Crippen LogP contribution in [0.4, 0.5) is 0 Å².